The third-order valence-electron chi connectivity index (χ3n) is 8.94. The second-order valence-electron chi connectivity index (χ2n) is 12.1. The number of carbonyl (C=O) groups excluding carboxylic acids is 1. The SMILES string of the molecule is C[C@@H]1[C@H](Cn2cnc3ccccc32)O[C@H](c2cccc(-c3cccc(CNC(=O)c4ccccc4)c3)c2)O[C@@H]1c1ccc(CO)cc1. The quantitative estimate of drug-likeness (QED) is 0.173. The molecule has 1 saturated heterocycles. The van der Waals surface area contributed by atoms with Crippen molar-refractivity contribution in [2.75, 3.05) is 0 Å². The lowest BCUT2D eigenvalue weighted by Crippen LogP contribution is -2.39. The number of rotatable bonds is 9. The second kappa shape index (κ2) is 13.7. The minimum Gasteiger partial charge on any atom is -0.392 e. The van der Waals surface area contributed by atoms with Gasteiger partial charge in [0.2, 0.25) is 0 Å². The molecule has 7 rings (SSSR count). The predicted molar refractivity (Wildman–Crippen MR) is 182 cm³/mol. The summed E-state index contributed by atoms with van der Waals surface area (Å²) in [5.41, 5.74) is 8.58. The van der Waals surface area contributed by atoms with Crippen LogP contribution in [0.15, 0.2) is 134 Å². The zero-order chi connectivity index (χ0) is 32.2. The molecule has 0 bridgehead atoms. The average Bonchev–Trinajstić information content (AvgIpc) is 3.54. The van der Waals surface area contributed by atoms with Gasteiger partial charge in [0.15, 0.2) is 6.29 Å². The Morgan fingerprint density at radius 2 is 1.53 bits per heavy atom. The largest absolute Gasteiger partial charge is 0.392 e. The number of benzene rings is 5. The molecule has 0 saturated carbocycles. The molecule has 0 aliphatic carbocycles. The Morgan fingerprint density at radius 1 is 0.787 bits per heavy atom. The first-order chi connectivity index (χ1) is 23.1. The number of ether oxygens (including phenoxy) is 2. The van der Waals surface area contributed by atoms with E-state index in [0.29, 0.717) is 18.7 Å². The Kier molecular flexibility index (Phi) is 8.93. The van der Waals surface area contributed by atoms with Gasteiger partial charge >= 0.3 is 0 Å². The lowest BCUT2D eigenvalue weighted by molar-refractivity contribution is -0.276. The van der Waals surface area contributed by atoms with Crippen LogP contribution >= 0.6 is 0 Å². The Bertz CT molecular complexity index is 1970. The molecule has 7 heteroatoms. The molecule has 4 atom stereocenters. The molecule has 1 aromatic heterocycles. The van der Waals surface area contributed by atoms with Crippen LogP contribution in [0.3, 0.4) is 0 Å². The summed E-state index contributed by atoms with van der Waals surface area (Å²) in [6, 6.07) is 41.8. The highest BCUT2D eigenvalue weighted by atomic mass is 16.7. The van der Waals surface area contributed by atoms with Crippen LogP contribution in [0.5, 0.6) is 0 Å². The van der Waals surface area contributed by atoms with Crippen molar-refractivity contribution in [2.45, 2.75) is 45.1 Å². The van der Waals surface area contributed by atoms with Gasteiger partial charge in [0.05, 0.1) is 42.7 Å². The number of hydrogen-bond acceptors (Lipinski definition) is 5. The molecule has 6 aromatic rings. The summed E-state index contributed by atoms with van der Waals surface area (Å²) in [6.07, 6.45) is 0.906. The number of aliphatic hydroxyl groups is 1. The second-order valence-corrected chi connectivity index (χ2v) is 12.1. The zero-order valence-electron chi connectivity index (χ0n) is 26.2. The number of aliphatic hydroxyl groups excluding tert-OH is 1. The lowest BCUT2D eigenvalue weighted by Gasteiger charge is -2.41. The van der Waals surface area contributed by atoms with Crippen molar-refractivity contribution in [3.05, 3.63) is 162 Å². The van der Waals surface area contributed by atoms with Crippen molar-refractivity contribution in [1.82, 2.24) is 14.9 Å². The normalized spacial score (nSPS) is 19.4. The van der Waals surface area contributed by atoms with Crippen molar-refractivity contribution in [3.8, 4) is 11.1 Å². The summed E-state index contributed by atoms with van der Waals surface area (Å²) in [5.74, 6) is -0.0593. The molecule has 1 aliphatic heterocycles. The highest BCUT2D eigenvalue weighted by Gasteiger charge is 2.38. The average molecular weight is 624 g/mol. The molecule has 0 radical (unpaired) electrons. The molecular weight excluding hydrogens is 586 g/mol. The molecule has 1 aliphatic rings. The predicted octanol–water partition coefficient (Wildman–Crippen LogP) is 7.62. The van der Waals surface area contributed by atoms with Crippen LogP contribution in [0, 0.1) is 5.92 Å². The first-order valence-electron chi connectivity index (χ1n) is 16.0. The van der Waals surface area contributed by atoms with E-state index < -0.39 is 6.29 Å². The summed E-state index contributed by atoms with van der Waals surface area (Å²) < 4.78 is 15.7. The number of carbonyl (C=O) groups is 1. The number of hydrogen-bond donors (Lipinski definition) is 2. The van der Waals surface area contributed by atoms with E-state index in [1.54, 1.807) is 0 Å². The molecule has 1 fully saturated rings. The number of para-hydroxylation sites is 2. The minimum atomic E-state index is -0.596. The molecular formula is C40H37N3O4. The van der Waals surface area contributed by atoms with Crippen molar-refractivity contribution in [2.24, 2.45) is 5.92 Å². The van der Waals surface area contributed by atoms with Gasteiger partial charge in [0, 0.05) is 23.6 Å². The standard InChI is InChI=1S/C40H37N3O4/c1-27-37(24-43-26-42-35-15-5-6-16-36(35)43)46-40(47-38(27)30-19-17-28(25-44)18-20-30)34-14-8-13-33(22-34)32-12-7-9-29(21-32)23-41-39(45)31-10-3-2-4-11-31/h2-22,26-27,37-38,40,44H,23-25H2,1H3,(H,41,45)/t27-,37+,38+,40+/m1/s1. The fraction of sp³-hybridized carbons (Fsp3) is 0.200. The Labute approximate surface area is 274 Å². The van der Waals surface area contributed by atoms with Gasteiger partial charge in [0.1, 0.15) is 0 Å². The van der Waals surface area contributed by atoms with Crippen molar-refractivity contribution < 1.29 is 19.4 Å². The molecule has 47 heavy (non-hydrogen) atoms. The molecule has 5 aromatic carbocycles. The fourth-order valence-corrected chi connectivity index (χ4v) is 6.28. The van der Waals surface area contributed by atoms with Crippen LogP contribution < -0.4 is 5.32 Å². The number of aromatic nitrogens is 2. The first-order valence-corrected chi connectivity index (χ1v) is 16.0. The Balaban J connectivity index is 1.15. The van der Waals surface area contributed by atoms with Gasteiger partial charge in [-0.3, -0.25) is 4.79 Å². The van der Waals surface area contributed by atoms with E-state index in [1.807, 2.05) is 103 Å². The first kappa shape index (κ1) is 30.6. The number of nitrogens with one attached hydrogen (secondary N) is 1. The lowest BCUT2D eigenvalue weighted by atomic mass is 9.90. The molecule has 2 heterocycles. The molecule has 236 valence electrons. The monoisotopic (exact) mass is 623 g/mol. The maximum absolute atomic E-state index is 12.6. The van der Waals surface area contributed by atoms with Crippen LogP contribution in [0.1, 0.15) is 51.9 Å². The van der Waals surface area contributed by atoms with Crippen LogP contribution in [0.4, 0.5) is 0 Å². The molecule has 0 spiro atoms. The maximum atomic E-state index is 12.6. The van der Waals surface area contributed by atoms with Gasteiger partial charge in [-0.1, -0.05) is 97.9 Å². The van der Waals surface area contributed by atoms with E-state index in [0.717, 1.165) is 44.4 Å². The third-order valence-corrected chi connectivity index (χ3v) is 8.94. The summed E-state index contributed by atoms with van der Waals surface area (Å²) in [7, 11) is 0. The minimum absolute atomic E-state index is 0.00316. The van der Waals surface area contributed by atoms with Gasteiger partial charge in [-0.25, -0.2) is 4.98 Å². The van der Waals surface area contributed by atoms with Gasteiger partial charge in [-0.05, 0) is 64.2 Å². The van der Waals surface area contributed by atoms with E-state index in [4.69, 9.17) is 9.47 Å². The zero-order valence-corrected chi connectivity index (χ0v) is 26.2. The van der Waals surface area contributed by atoms with E-state index in [1.165, 1.54) is 0 Å². The summed E-state index contributed by atoms with van der Waals surface area (Å²) >= 11 is 0. The Hall–Kier alpha value is -5.08. The van der Waals surface area contributed by atoms with Gasteiger partial charge in [-0.15, -0.1) is 0 Å². The summed E-state index contributed by atoms with van der Waals surface area (Å²) in [4.78, 5) is 17.2. The Morgan fingerprint density at radius 3 is 2.34 bits per heavy atom. The third kappa shape index (κ3) is 6.74. The van der Waals surface area contributed by atoms with E-state index in [2.05, 4.69) is 52.1 Å². The fourth-order valence-electron chi connectivity index (χ4n) is 6.28. The maximum Gasteiger partial charge on any atom is 0.251 e. The number of imidazole rings is 1. The highest BCUT2D eigenvalue weighted by Crippen LogP contribution is 2.43. The van der Waals surface area contributed by atoms with Crippen LogP contribution in [-0.4, -0.2) is 26.7 Å². The number of amides is 1. The van der Waals surface area contributed by atoms with Crippen molar-refractivity contribution >= 4 is 16.9 Å². The van der Waals surface area contributed by atoms with E-state index in [-0.39, 0.29) is 30.6 Å². The van der Waals surface area contributed by atoms with Crippen molar-refractivity contribution in [3.63, 3.8) is 0 Å². The topological polar surface area (TPSA) is 85.6 Å². The van der Waals surface area contributed by atoms with Crippen molar-refractivity contribution in [1.29, 1.82) is 0 Å². The smallest absolute Gasteiger partial charge is 0.251 e. The van der Waals surface area contributed by atoms with Crippen LogP contribution in [0.25, 0.3) is 22.2 Å². The molecule has 7 nitrogen and oxygen atoms in total. The molecule has 0 unspecified atom stereocenters. The van der Waals surface area contributed by atoms with E-state index >= 15 is 0 Å². The molecule has 1 amide bonds. The highest BCUT2D eigenvalue weighted by molar-refractivity contribution is 5.94. The summed E-state index contributed by atoms with van der Waals surface area (Å²) in [5, 5.41) is 12.6. The number of nitrogens with zero attached hydrogens (tertiary/aromatic N) is 2. The number of fused-ring (bicyclic) bond motifs is 1. The van der Waals surface area contributed by atoms with E-state index in [9.17, 15) is 9.90 Å². The van der Waals surface area contributed by atoms with Gasteiger partial charge in [-0.2, -0.15) is 0 Å². The summed E-state index contributed by atoms with van der Waals surface area (Å²) in [6.45, 7) is 3.22. The molecule has 2 N–H and O–H groups in total. The van der Waals surface area contributed by atoms with Gasteiger partial charge in [0.25, 0.3) is 5.91 Å². The van der Waals surface area contributed by atoms with Crippen LogP contribution in [-0.2, 0) is 29.2 Å². The van der Waals surface area contributed by atoms with Crippen LogP contribution in [0.2, 0.25) is 0 Å². The van der Waals surface area contributed by atoms with Gasteiger partial charge < -0.3 is 24.5 Å².